The fourth-order valence-corrected chi connectivity index (χ4v) is 4.67. The van der Waals surface area contributed by atoms with Gasteiger partial charge in [0.05, 0.1) is 38.8 Å². The number of thioether (sulfide) groups is 1. The number of carbonyl (C=O) groups excluding carboxylic acids is 2. The maximum absolute atomic E-state index is 12.9. The van der Waals surface area contributed by atoms with Gasteiger partial charge >= 0.3 is 0 Å². The predicted octanol–water partition coefficient (Wildman–Crippen LogP) is 5.00. The second-order valence-electron chi connectivity index (χ2n) is 8.29. The molecule has 208 valence electrons. The lowest BCUT2D eigenvalue weighted by atomic mass is 10.2. The van der Waals surface area contributed by atoms with Crippen molar-refractivity contribution in [1.29, 1.82) is 0 Å². The van der Waals surface area contributed by atoms with Crippen LogP contribution in [0.25, 0.3) is 5.69 Å². The minimum atomic E-state index is -0.346. The monoisotopic (exact) mass is 581 g/mol. The third-order valence-electron chi connectivity index (χ3n) is 5.57. The van der Waals surface area contributed by atoms with Crippen LogP contribution in [0.3, 0.4) is 0 Å². The van der Waals surface area contributed by atoms with Gasteiger partial charge in [0.2, 0.25) is 5.91 Å². The first-order valence-corrected chi connectivity index (χ1v) is 13.6. The van der Waals surface area contributed by atoms with E-state index in [0.717, 1.165) is 5.75 Å². The van der Waals surface area contributed by atoms with Crippen LogP contribution in [0.15, 0.2) is 71.9 Å². The Bertz CT molecular complexity index is 1460. The molecule has 0 aliphatic rings. The Morgan fingerprint density at radius 1 is 0.950 bits per heavy atom. The molecule has 0 saturated carbocycles. The molecule has 2 amide bonds. The second-order valence-corrected chi connectivity index (χ2v) is 9.67. The van der Waals surface area contributed by atoms with Crippen LogP contribution in [-0.4, -0.2) is 53.2 Å². The number of hydrogen-bond acceptors (Lipinski definition) is 8. The van der Waals surface area contributed by atoms with Gasteiger partial charge < -0.3 is 24.8 Å². The van der Waals surface area contributed by atoms with Gasteiger partial charge in [-0.3, -0.25) is 14.2 Å². The molecule has 1 heterocycles. The summed E-state index contributed by atoms with van der Waals surface area (Å²) in [7, 11) is 3.03. The van der Waals surface area contributed by atoms with E-state index in [9.17, 15) is 9.59 Å². The molecular weight excluding hydrogens is 554 g/mol. The van der Waals surface area contributed by atoms with E-state index in [1.807, 2.05) is 13.0 Å². The van der Waals surface area contributed by atoms with Crippen molar-refractivity contribution in [1.82, 2.24) is 20.1 Å². The van der Waals surface area contributed by atoms with E-state index in [2.05, 4.69) is 20.8 Å². The third-order valence-corrected chi connectivity index (χ3v) is 6.73. The zero-order chi connectivity index (χ0) is 28.5. The van der Waals surface area contributed by atoms with Crippen molar-refractivity contribution in [3.8, 4) is 22.9 Å². The highest BCUT2D eigenvalue weighted by Crippen LogP contribution is 2.26. The number of benzene rings is 3. The molecule has 12 heteroatoms. The van der Waals surface area contributed by atoms with Crippen LogP contribution in [0.5, 0.6) is 17.2 Å². The molecule has 10 nitrogen and oxygen atoms in total. The maximum atomic E-state index is 12.9. The fraction of sp³-hybridized carbons (Fsp3) is 0.214. The number of ether oxygens (including phenoxy) is 3. The average molecular weight is 582 g/mol. The number of carbonyl (C=O) groups is 2. The highest BCUT2D eigenvalue weighted by atomic mass is 35.5. The van der Waals surface area contributed by atoms with Crippen LogP contribution in [0.4, 0.5) is 5.69 Å². The van der Waals surface area contributed by atoms with Crippen molar-refractivity contribution in [2.45, 2.75) is 18.6 Å². The Kier molecular flexibility index (Phi) is 9.87. The van der Waals surface area contributed by atoms with Crippen LogP contribution < -0.4 is 24.8 Å². The Morgan fingerprint density at radius 3 is 2.33 bits per heavy atom. The fourth-order valence-electron chi connectivity index (χ4n) is 3.71. The summed E-state index contributed by atoms with van der Waals surface area (Å²) >= 11 is 7.46. The number of nitrogens with one attached hydrogen (secondary N) is 2. The Balaban J connectivity index is 1.49. The van der Waals surface area contributed by atoms with Gasteiger partial charge in [-0.1, -0.05) is 29.4 Å². The number of anilines is 1. The normalized spacial score (nSPS) is 10.6. The van der Waals surface area contributed by atoms with Gasteiger partial charge in [-0.2, -0.15) is 0 Å². The van der Waals surface area contributed by atoms with Crippen LogP contribution in [0, 0.1) is 0 Å². The molecule has 4 rings (SSSR count). The number of rotatable bonds is 12. The highest BCUT2D eigenvalue weighted by molar-refractivity contribution is 7.99. The van der Waals surface area contributed by atoms with Gasteiger partial charge in [-0.05, 0) is 61.5 Å². The first-order chi connectivity index (χ1) is 19.4. The van der Waals surface area contributed by atoms with E-state index in [0.29, 0.717) is 51.0 Å². The van der Waals surface area contributed by atoms with Crippen molar-refractivity contribution in [2.75, 3.05) is 31.9 Å². The molecule has 0 atom stereocenters. The largest absolute Gasteiger partial charge is 0.497 e. The highest BCUT2D eigenvalue weighted by Gasteiger charge is 2.18. The minimum absolute atomic E-state index is 0.0663. The zero-order valence-corrected chi connectivity index (χ0v) is 23.7. The number of aromatic nitrogens is 3. The predicted molar refractivity (Wildman–Crippen MR) is 154 cm³/mol. The van der Waals surface area contributed by atoms with E-state index in [4.69, 9.17) is 25.8 Å². The summed E-state index contributed by atoms with van der Waals surface area (Å²) < 4.78 is 17.7. The molecule has 40 heavy (non-hydrogen) atoms. The van der Waals surface area contributed by atoms with E-state index in [1.54, 1.807) is 65.2 Å². The van der Waals surface area contributed by atoms with Crippen molar-refractivity contribution in [3.05, 3.63) is 83.1 Å². The summed E-state index contributed by atoms with van der Waals surface area (Å²) in [6.07, 6.45) is 0. The molecule has 1 aromatic heterocycles. The summed E-state index contributed by atoms with van der Waals surface area (Å²) in [5.74, 6) is 1.71. The third kappa shape index (κ3) is 7.45. The van der Waals surface area contributed by atoms with Crippen LogP contribution >= 0.6 is 23.4 Å². The summed E-state index contributed by atoms with van der Waals surface area (Å²) in [5.41, 5.74) is 1.72. The lowest BCUT2D eigenvalue weighted by Gasteiger charge is -2.12. The SMILES string of the molecule is CCOc1ccc(NC(=O)CSc2nnc(CNC(=O)c3cc(OC)cc(OC)c3)n2-c2cccc(Cl)c2)cc1. The van der Waals surface area contributed by atoms with Crippen molar-refractivity contribution >= 4 is 40.9 Å². The molecule has 0 aliphatic carbocycles. The molecule has 0 aliphatic heterocycles. The molecule has 0 bridgehead atoms. The van der Waals surface area contributed by atoms with Gasteiger partial charge in [0.1, 0.15) is 17.2 Å². The lowest BCUT2D eigenvalue weighted by Crippen LogP contribution is -2.24. The van der Waals surface area contributed by atoms with E-state index in [1.165, 1.54) is 26.0 Å². The first kappa shape index (κ1) is 28.8. The number of amides is 2. The molecule has 3 aromatic carbocycles. The summed E-state index contributed by atoms with van der Waals surface area (Å²) in [4.78, 5) is 25.6. The Morgan fingerprint density at radius 2 is 1.68 bits per heavy atom. The molecule has 0 fully saturated rings. The summed E-state index contributed by atoms with van der Waals surface area (Å²) in [6.45, 7) is 2.54. The first-order valence-electron chi connectivity index (χ1n) is 12.3. The smallest absolute Gasteiger partial charge is 0.251 e. The Labute approximate surface area is 241 Å². The second kappa shape index (κ2) is 13.7. The number of halogens is 1. The number of nitrogens with zero attached hydrogens (tertiary/aromatic N) is 3. The topological polar surface area (TPSA) is 117 Å². The molecule has 0 saturated heterocycles. The molecule has 0 radical (unpaired) electrons. The van der Waals surface area contributed by atoms with Crippen molar-refractivity contribution < 1.29 is 23.8 Å². The summed E-state index contributed by atoms with van der Waals surface area (Å²) in [5, 5.41) is 15.3. The maximum Gasteiger partial charge on any atom is 0.251 e. The molecule has 0 spiro atoms. The van der Waals surface area contributed by atoms with Crippen LogP contribution in [-0.2, 0) is 11.3 Å². The lowest BCUT2D eigenvalue weighted by molar-refractivity contribution is -0.113. The van der Waals surface area contributed by atoms with E-state index < -0.39 is 0 Å². The molecule has 0 unspecified atom stereocenters. The number of hydrogen-bond donors (Lipinski definition) is 2. The van der Waals surface area contributed by atoms with Crippen LogP contribution in [0.2, 0.25) is 5.02 Å². The number of methoxy groups -OCH3 is 2. The van der Waals surface area contributed by atoms with Gasteiger partial charge in [0.25, 0.3) is 5.91 Å². The van der Waals surface area contributed by atoms with Crippen molar-refractivity contribution in [2.24, 2.45) is 0 Å². The quantitative estimate of drug-likeness (QED) is 0.225. The molecular formula is C28H28ClN5O5S. The Hall–Kier alpha value is -4.22. The van der Waals surface area contributed by atoms with Crippen molar-refractivity contribution in [3.63, 3.8) is 0 Å². The minimum Gasteiger partial charge on any atom is -0.497 e. The molecule has 4 aromatic rings. The van der Waals surface area contributed by atoms with Crippen LogP contribution in [0.1, 0.15) is 23.1 Å². The van der Waals surface area contributed by atoms with Gasteiger partial charge in [-0.15, -0.1) is 10.2 Å². The summed E-state index contributed by atoms with van der Waals surface area (Å²) in [6, 6.07) is 19.2. The van der Waals surface area contributed by atoms with Gasteiger partial charge in [-0.25, -0.2) is 0 Å². The van der Waals surface area contributed by atoms with Gasteiger partial charge in [0.15, 0.2) is 11.0 Å². The van der Waals surface area contributed by atoms with E-state index >= 15 is 0 Å². The standard InChI is InChI=1S/C28H28ClN5O5S/c1-4-39-22-10-8-20(9-11-22)31-26(35)17-40-28-33-32-25(34(28)21-7-5-6-19(29)14-21)16-30-27(36)18-12-23(37-2)15-24(13-18)38-3/h5-15H,4,16-17H2,1-3H3,(H,30,36)(H,31,35). The molecule has 2 N–H and O–H groups in total. The van der Waals surface area contributed by atoms with E-state index in [-0.39, 0.29) is 24.1 Å². The average Bonchev–Trinajstić information content (AvgIpc) is 3.38. The zero-order valence-electron chi connectivity index (χ0n) is 22.1. The van der Waals surface area contributed by atoms with Gasteiger partial charge in [0, 0.05) is 22.3 Å².